The van der Waals surface area contributed by atoms with E-state index in [9.17, 15) is 4.79 Å². The second-order valence-electron chi connectivity index (χ2n) is 5.84. The van der Waals surface area contributed by atoms with Gasteiger partial charge in [-0.15, -0.1) is 0 Å². The van der Waals surface area contributed by atoms with Gasteiger partial charge in [0.25, 0.3) is 0 Å². The average molecular weight is 279 g/mol. The van der Waals surface area contributed by atoms with Crippen molar-refractivity contribution in [2.45, 2.75) is 37.6 Å². The van der Waals surface area contributed by atoms with Crippen LogP contribution in [-0.4, -0.2) is 5.91 Å². The summed E-state index contributed by atoms with van der Waals surface area (Å²) in [4.78, 5) is 11.8. The molecule has 1 aliphatic heterocycles. The van der Waals surface area contributed by atoms with Crippen molar-refractivity contribution in [2.75, 3.05) is 0 Å². The van der Waals surface area contributed by atoms with Crippen LogP contribution in [0.5, 0.6) is 0 Å². The SMILES string of the molecule is O=C1CCC(CCCc2ccccc2)(c2ccccc2)N1. The number of nitrogens with one attached hydrogen (secondary N) is 1. The number of amides is 1. The van der Waals surface area contributed by atoms with E-state index in [1.807, 2.05) is 12.1 Å². The molecule has 0 bridgehead atoms. The van der Waals surface area contributed by atoms with Gasteiger partial charge in [0.15, 0.2) is 0 Å². The lowest BCUT2D eigenvalue weighted by atomic mass is 9.83. The third kappa shape index (κ3) is 3.15. The summed E-state index contributed by atoms with van der Waals surface area (Å²) in [7, 11) is 0. The molecule has 0 spiro atoms. The zero-order valence-corrected chi connectivity index (χ0v) is 12.2. The van der Waals surface area contributed by atoms with Crippen LogP contribution < -0.4 is 5.32 Å². The Bertz CT molecular complexity index is 593. The fourth-order valence-electron chi connectivity index (χ4n) is 3.26. The third-order valence-corrected chi connectivity index (χ3v) is 4.40. The molecule has 2 aromatic rings. The highest BCUT2D eigenvalue weighted by molar-refractivity contribution is 5.79. The van der Waals surface area contributed by atoms with Gasteiger partial charge >= 0.3 is 0 Å². The van der Waals surface area contributed by atoms with Gasteiger partial charge < -0.3 is 5.32 Å². The maximum Gasteiger partial charge on any atom is 0.220 e. The minimum atomic E-state index is -0.160. The number of rotatable bonds is 5. The second-order valence-corrected chi connectivity index (χ2v) is 5.84. The standard InChI is InChI=1S/C19H21NO/c21-18-13-15-19(20-18,17-11-5-2-6-12-17)14-7-10-16-8-3-1-4-9-16/h1-6,8-9,11-12H,7,10,13-15H2,(H,20,21). The smallest absolute Gasteiger partial charge is 0.220 e. The van der Waals surface area contributed by atoms with Crippen LogP contribution >= 0.6 is 0 Å². The number of carbonyl (C=O) groups excluding carboxylic acids is 1. The summed E-state index contributed by atoms with van der Waals surface area (Å²) in [6.45, 7) is 0. The fourth-order valence-corrected chi connectivity index (χ4v) is 3.26. The molecule has 2 heteroatoms. The van der Waals surface area contributed by atoms with Gasteiger partial charge in [-0.1, -0.05) is 60.7 Å². The average Bonchev–Trinajstić information content (AvgIpc) is 2.92. The van der Waals surface area contributed by atoms with Crippen LogP contribution in [0.15, 0.2) is 60.7 Å². The number of hydrogen-bond acceptors (Lipinski definition) is 1. The predicted octanol–water partition coefficient (Wildman–Crippen LogP) is 3.81. The summed E-state index contributed by atoms with van der Waals surface area (Å²) in [5, 5.41) is 3.23. The molecule has 0 aliphatic carbocycles. The highest BCUT2D eigenvalue weighted by Gasteiger charge is 2.38. The minimum absolute atomic E-state index is 0.160. The molecule has 2 aromatic carbocycles. The third-order valence-electron chi connectivity index (χ3n) is 4.40. The van der Waals surface area contributed by atoms with E-state index < -0.39 is 0 Å². The number of carbonyl (C=O) groups is 1. The van der Waals surface area contributed by atoms with Crippen LogP contribution in [0.3, 0.4) is 0 Å². The molecule has 1 heterocycles. The summed E-state index contributed by atoms with van der Waals surface area (Å²) in [6.07, 6.45) is 4.69. The van der Waals surface area contributed by atoms with Crippen molar-refractivity contribution in [1.29, 1.82) is 0 Å². The fraction of sp³-hybridized carbons (Fsp3) is 0.316. The van der Waals surface area contributed by atoms with Gasteiger partial charge in [0.2, 0.25) is 5.91 Å². The van der Waals surface area contributed by atoms with E-state index in [0.717, 1.165) is 25.7 Å². The molecule has 1 fully saturated rings. The van der Waals surface area contributed by atoms with E-state index in [1.165, 1.54) is 11.1 Å². The summed E-state index contributed by atoms with van der Waals surface area (Å²) in [5.41, 5.74) is 2.45. The van der Waals surface area contributed by atoms with Gasteiger partial charge in [-0.2, -0.15) is 0 Å². The first kappa shape index (κ1) is 13.9. The molecule has 21 heavy (non-hydrogen) atoms. The van der Waals surface area contributed by atoms with Crippen LogP contribution in [0.1, 0.15) is 36.8 Å². The summed E-state index contributed by atoms with van der Waals surface area (Å²) >= 11 is 0. The molecule has 1 aliphatic rings. The van der Waals surface area contributed by atoms with Crippen LogP contribution in [0.4, 0.5) is 0 Å². The van der Waals surface area contributed by atoms with Gasteiger partial charge in [-0.05, 0) is 36.8 Å². The van der Waals surface area contributed by atoms with Crippen molar-refractivity contribution < 1.29 is 4.79 Å². The van der Waals surface area contributed by atoms with Gasteiger partial charge in [0.05, 0.1) is 5.54 Å². The lowest BCUT2D eigenvalue weighted by Crippen LogP contribution is -2.38. The van der Waals surface area contributed by atoms with E-state index in [0.29, 0.717) is 6.42 Å². The van der Waals surface area contributed by atoms with Crippen LogP contribution in [0, 0.1) is 0 Å². The van der Waals surface area contributed by atoms with Crippen molar-refractivity contribution in [3.8, 4) is 0 Å². The van der Waals surface area contributed by atoms with Crippen LogP contribution in [0.25, 0.3) is 0 Å². The molecule has 1 saturated heterocycles. The quantitative estimate of drug-likeness (QED) is 0.886. The summed E-state index contributed by atoms with van der Waals surface area (Å²) < 4.78 is 0. The molecule has 1 N–H and O–H groups in total. The van der Waals surface area contributed by atoms with Crippen molar-refractivity contribution in [1.82, 2.24) is 5.32 Å². The van der Waals surface area contributed by atoms with E-state index in [-0.39, 0.29) is 11.4 Å². The Morgan fingerprint density at radius 2 is 1.62 bits per heavy atom. The lowest BCUT2D eigenvalue weighted by Gasteiger charge is -2.30. The topological polar surface area (TPSA) is 29.1 Å². The van der Waals surface area contributed by atoms with E-state index >= 15 is 0 Å². The number of aryl methyl sites for hydroxylation is 1. The van der Waals surface area contributed by atoms with Gasteiger partial charge in [-0.3, -0.25) is 4.79 Å². The van der Waals surface area contributed by atoms with Gasteiger partial charge in [0, 0.05) is 6.42 Å². The van der Waals surface area contributed by atoms with Crippen LogP contribution in [0.2, 0.25) is 0 Å². The largest absolute Gasteiger partial charge is 0.347 e. The number of hydrogen-bond donors (Lipinski definition) is 1. The molecule has 1 atom stereocenters. The summed E-state index contributed by atoms with van der Waals surface area (Å²) in [5.74, 6) is 0.179. The molecule has 1 amide bonds. The van der Waals surface area contributed by atoms with E-state index in [4.69, 9.17) is 0 Å². The molecule has 108 valence electrons. The first-order valence-electron chi connectivity index (χ1n) is 7.69. The Morgan fingerprint density at radius 3 is 2.24 bits per heavy atom. The van der Waals surface area contributed by atoms with Gasteiger partial charge in [-0.25, -0.2) is 0 Å². The van der Waals surface area contributed by atoms with Crippen molar-refractivity contribution in [3.05, 3.63) is 71.8 Å². The van der Waals surface area contributed by atoms with E-state index in [1.54, 1.807) is 0 Å². The maximum atomic E-state index is 11.8. The first-order valence-corrected chi connectivity index (χ1v) is 7.69. The molecule has 1 unspecified atom stereocenters. The molecular formula is C19H21NO. The molecule has 0 aromatic heterocycles. The Morgan fingerprint density at radius 1 is 0.952 bits per heavy atom. The lowest BCUT2D eigenvalue weighted by molar-refractivity contribution is -0.119. The Kier molecular flexibility index (Phi) is 4.05. The Hall–Kier alpha value is -2.09. The first-order chi connectivity index (χ1) is 10.3. The summed E-state index contributed by atoms with van der Waals surface area (Å²) in [6, 6.07) is 21.0. The maximum absolute atomic E-state index is 11.8. The normalized spacial score (nSPS) is 21.2. The zero-order chi connectivity index (χ0) is 14.5. The predicted molar refractivity (Wildman–Crippen MR) is 84.9 cm³/mol. The highest BCUT2D eigenvalue weighted by Crippen LogP contribution is 2.36. The Balaban J connectivity index is 1.71. The molecule has 2 nitrogen and oxygen atoms in total. The molecule has 0 radical (unpaired) electrons. The monoisotopic (exact) mass is 279 g/mol. The van der Waals surface area contributed by atoms with Crippen molar-refractivity contribution in [2.24, 2.45) is 0 Å². The molecular weight excluding hydrogens is 258 g/mol. The van der Waals surface area contributed by atoms with Crippen molar-refractivity contribution in [3.63, 3.8) is 0 Å². The van der Waals surface area contributed by atoms with Crippen LogP contribution in [-0.2, 0) is 16.8 Å². The zero-order valence-electron chi connectivity index (χ0n) is 12.2. The number of benzene rings is 2. The van der Waals surface area contributed by atoms with E-state index in [2.05, 4.69) is 53.8 Å². The van der Waals surface area contributed by atoms with Crippen molar-refractivity contribution >= 4 is 5.91 Å². The second kappa shape index (κ2) is 6.13. The minimum Gasteiger partial charge on any atom is -0.347 e. The molecule has 3 rings (SSSR count). The Labute approximate surface area is 126 Å². The van der Waals surface area contributed by atoms with Gasteiger partial charge in [0.1, 0.15) is 0 Å². The molecule has 0 saturated carbocycles. The highest BCUT2D eigenvalue weighted by atomic mass is 16.2.